The van der Waals surface area contributed by atoms with Crippen LogP contribution in [0.15, 0.2) is 5.10 Å². The summed E-state index contributed by atoms with van der Waals surface area (Å²) in [5, 5.41) is 17.8. The zero-order chi connectivity index (χ0) is 10.1. The number of hydrogen-bond donors (Lipinski definition) is 2. The maximum atomic E-state index is 4.35. The fourth-order valence-electron chi connectivity index (χ4n) is 2.24. The van der Waals surface area contributed by atoms with Gasteiger partial charge in [-0.25, -0.2) is 5.43 Å². The molecule has 0 radical (unpaired) electrons. The minimum Gasteiger partial charge on any atom is -0.298 e. The van der Waals surface area contributed by atoms with Crippen molar-refractivity contribution in [1.82, 2.24) is 25.5 Å². The third-order valence-electron chi connectivity index (χ3n) is 3.09. The van der Waals surface area contributed by atoms with Crippen molar-refractivity contribution in [1.29, 1.82) is 0 Å². The molecule has 7 nitrogen and oxygen atoms in total. The minimum absolute atomic E-state index is 0.430. The number of tetrazole rings is 1. The van der Waals surface area contributed by atoms with Crippen LogP contribution in [-0.2, 0) is 0 Å². The van der Waals surface area contributed by atoms with Crippen LogP contribution in [0, 0.1) is 5.92 Å². The van der Waals surface area contributed by atoms with E-state index in [2.05, 4.69) is 36.1 Å². The predicted molar refractivity (Wildman–Crippen MR) is 54.4 cm³/mol. The lowest BCUT2D eigenvalue weighted by molar-refractivity contribution is 0.200. The smallest absolute Gasteiger partial charge is 0.283 e. The molecule has 4 heterocycles. The first-order chi connectivity index (χ1) is 7.42. The van der Waals surface area contributed by atoms with E-state index in [1.807, 2.05) is 0 Å². The molecule has 1 aromatic heterocycles. The van der Waals surface area contributed by atoms with Gasteiger partial charge in [-0.1, -0.05) is 5.10 Å². The Morgan fingerprint density at radius 3 is 2.87 bits per heavy atom. The maximum Gasteiger partial charge on any atom is 0.283 e. The van der Waals surface area contributed by atoms with E-state index in [1.165, 1.54) is 31.6 Å². The van der Waals surface area contributed by atoms with E-state index in [0.717, 1.165) is 6.54 Å². The normalized spacial score (nSPS) is 32.1. The molecule has 80 valence electrons. The average molecular weight is 207 g/mol. The van der Waals surface area contributed by atoms with Crippen molar-refractivity contribution in [2.45, 2.75) is 12.8 Å². The summed E-state index contributed by atoms with van der Waals surface area (Å²) in [6, 6.07) is 0. The fourth-order valence-corrected chi connectivity index (χ4v) is 2.24. The molecule has 0 atom stereocenters. The summed E-state index contributed by atoms with van der Waals surface area (Å²) in [7, 11) is 0. The maximum absolute atomic E-state index is 4.35. The number of H-pyrrole nitrogens is 1. The van der Waals surface area contributed by atoms with Crippen LogP contribution in [-0.4, -0.2) is 50.9 Å². The summed E-state index contributed by atoms with van der Waals surface area (Å²) >= 11 is 0. The van der Waals surface area contributed by atoms with Crippen LogP contribution in [0.5, 0.6) is 0 Å². The fraction of sp³-hybridized carbons (Fsp3) is 0.750. The van der Waals surface area contributed by atoms with Gasteiger partial charge in [0.1, 0.15) is 0 Å². The largest absolute Gasteiger partial charge is 0.298 e. The molecule has 3 aliphatic heterocycles. The topological polar surface area (TPSA) is 82.1 Å². The van der Waals surface area contributed by atoms with E-state index < -0.39 is 0 Å². The Kier molecular flexibility index (Phi) is 2.09. The SMILES string of the molecule is C1CN2CCC1C(=NNc1nn[nH]n1)C2. The zero-order valence-corrected chi connectivity index (χ0v) is 8.35. The van der Waals surface area contributed by atoms with Gasteiger partial charge >= 0.3 is 0 Å². The Bertz CT molecular complexity index is 349. The summed E-state index contributed by atoms with van der Waals surface area (Å²) in [6.07, 6.45) is 2.46. The van der Waals surface area contributed by atoms with Crippen LogP contribution in [0.2, 0.25) is 0 Å². The van der Waals surface area contributed by atoms with E-state index in [0.29, 0.717) is 11.9 Å². The monoisotopic (exact) mass is 207 g/mol. The molecular weight excluding hydrogens is 194 g/mol. The lowest BCUT2D eigenvalue weighted by atomic mass is 9.87. The summed E-state index contributed by atoms with van der Waals surface area (Å²) in [5.41, 5.74) is 4.04. The molecule has 0 spiro atoms. The molecule has 3 aliphatic rings. The second-order valence-corrected chi connectivity index (χ2v) is 4.00. The van der Waals surface area contributed by atoms with Gasteiger partial charge < -0.3 is 0 Å². The molecule has 0 aromatic carbocycles. The van der Waals surface area contributed by atoms with Crippen molar-refractivity contribution in [2.24, 2.45) is 11.0 Å². The van der Waals surface area contributed by atoms with Gasteiger partial charge in [0, 0.05) is 12.5 Å². The highest BCUT2D eigenvalue weighted by Gasteiger charge is 2.30. The van der Waals surface area contributed by atoms with Crippen LogP contribution in [0.1, 0.15) is 12.8 Å². The first kappa shape index (κ1) is 8.78. The Morgan fingerprint density at radius 1 is 1.40 bits per heavy atom. The number of nitrogens with one attached hydrogen (secondary N) is 2. The molecule has 1 aromatic rings. The average Bonchev–Trinajstić information content (AvgIpc) is 2.81. The molecule has 15 heavy (non-hydrogen) atoms. The molecule has 7 heteroatoms. The Hall–Kier alpha value is -1.50. The van der Waals surface area contributed by atoms with Crippen molar-refractivity contribution < 1.29 is 0 Å². The van der Waals surface area contributed by atoms with Gasteiger partial charge in [0.25, 0.3) is 5.95 Å². The van der Waals surface area contributed by atoms with Crippen LogP contribution < -0.4 is 5.43 Å². The molecule has 3 fully saturated rings. The van der Waals surface area contributed by atoms with Gasteiger partial charge in [-0.05, 0) is 31.1 Å². The van der Waals surface area contributed by atoms with Crippen LogP contribution in [0.3, 0.4) is 0 Å². The van der Waals surface area contributed by atoms with Crippen molar-refractivity contribution >= 4 is 11.7 Å². The quantitative estimate of drug-likeness (QED) is 0.650. The molecule has 0 aliphatic carbocycles. The Morgan fingerprint density at radius 2 is 2.27 bits per heavy atom. The standard InChI is InChI=1S/C8H13N7/c1-3-15-4-2-6(1)7(5-15)9-10-8-11-13-14-12-8/h6H,1-5H2,(H2,10,11,12,13,14). The second kappa shape index (κ2) is 3.58. The molecule has 2 N–H and O–H groups in total. The zero-order valence-electron chi connectivity index (χ0n) is 8.35. The van der Waals surface area contributed by atoms with Crippen molar-refractivity contribution in [3.05, 3.63) is 0 Å². The summed E-state index contributed by atoms with van der Waals surface area (Å²) in [4.78, 5) is 2.43. The number of aromatic amines is 1. The highest BCUT2D eigenvalue weighted by molar-refractivity contribution is 5.90. The predicted octanol–water partition coefficient (Wildman–Crippen LogP) is -0.307. The van der Waals surface area contributed by atoms with Crippen molar-refractivity contribution in [3.8, 4) is 0 Å². The van der Waals surface area contributed by atoms with Crippen LogP contribution in [0.4, 0.5) is 5.95 Å². The van der Waals surface area contributed by atoms with Gasteiger partial charge in [0.05, 0.1) is 5.71 Å². The molecular formula is C8H13N7. The van der Waals surface area contributed by atoms with Gasteiger partial charge in [-0.2, -0.15) is 10.3 Å². The molecule has 0 saturated carbocycles. The molecule has 2 bridgehead atoms. The molecule has 4 rings (SSSR count). The van der Waals surface area contributed by atoms with Crippen LogP contribution in [0.25, 0.3) is 0 Å². The van der Waals surface area contributed by atoms with E-state index >= 15 is 0 Å². The minimum atomic E-state index is 0.430. The van der Waals surface area contributed by atoms with E-state index in [-0.39, 0.29) is 0 Å². The number of nitrogens with zero attached hydrogens (tertiary/aromatic N) is 5. The summed E-state index contributed by atoms with van der Waals surface area (Å²) in [6.45, 7) is 3.41. The first-order valence-corrected chi connectivity index (χ1v) is 5.20. The third kappa shape index (κ3) is 1.70. The molecule has 3 saturated heterocycles. The lowest BCUT2D eigenvalue weighted by Gasteiger charge is -2.39. The van der Waals surface area contributed by atoms with Gasteiger partial charge in [-0.3, -0.25) is 4.90 Å². The summed E-state index contributed by atoms with van der Waals surface area (Å²) in [5.74, 6) is 1.08. The van der Waals surface area contributed by atoms with Crippen LogP contribution >= 0.6 is 0 Å². The number of piperidine rings is 3. The number of rotatable bonds is 2. The van der Waals surface area contributed by atoms with Crippen molar-refractivity contribution in [2.75, 3.05) is 25.1 Å². The Balaban J connectivity index is 1.69. The molecule has 0 amide bonds. The number of aromatic nitrogens is 4. The van der Waals surface area contributed by atoms with Crippen molar-refractivity contribution in [3.63, 3.8) is 0 Å². The van der Waals surface area contributed by atoms with Gasteiger partial charge in [-0.15, -0.1) is 5.10 Å². The van der Waals surface area contributed by atoms with Gasteiger partial charge in [0.15, 0.2) is 0 Å². The molecule has 0 unspecified atom stereocenters. The number of fused-ring (bicyclic) bond motifs is 3. The second-order valence-electron chi connectivity index (χ2n) is 4.00. The number of hydrogen-bond acceptors (Lipinski definition) is 6. The van der Waals surface area contributed by atoms with E-state index in [4.69, 9.17) is 0 Å². The lowest BCUT2D eigenvalue weighted by Crippen LogP contribution is -2.48. The Labute approximate surface area is 86.9 Å². The third-order valence-corrected chi connectivity index (χ3v) is 3.09. The summed E-state index contributed by atoms with van der Waals surface area (Å²) < 4.78 is 0. The highest BCUT2D eigenvalue weighted by atomic mass is 15.5. The number of anilines is 1. The highest BCUT2D eigenvalue weighted by Crippen LogP contribution is 2.25. The van der Waals surface area contributed by atoms with E-state index in [9.17, 15) is 0 Å². The van der Waals surface area contributed by atoms with E-state index in [1.54, 1.807) is 0 Å². The van der Waals surface area contributed by atoms with Gasteiger partial charge in [0.2, 0.25) is 0 Å². The number of hydrazone groups is 1. The first-order valence-electron chi connectivity index (χ1n) is 5.20.